The second-order valence-electron chi connectivity index (χ2n) is 6.24. The quantitative estimate of drug-likeness (QED) is 0.299. The Hall–Kier alpha value is -1.00. The minimum Gasteiger partial charge on any atom is -0.690 e. The predicted octanol–water partition coefficient (Wildman–Crippen LogP) is 2.57. The molecule has 10 heteroatoms. The van der Waals surface area contributed by atoms with Gasteiger partial charge < -0.3 is 4.78 Å². The fraction of sp³-hybridized carbons (Fsp3) is 0.833. The van der Waals surface area contributed by atoms with Crippen molar-refractivity contribution >= 4 is 33.9 Å². The predicted molar refractivity (Wildman–Crippen MR) is 80.1 cm³/mol. The molecule has 124 valence electrons. The van der Waals surface area contributed by atoms with Crippen molar-refractivity contribution < 1.29 is 21.7 Å². The van der Waals surface area contributed by atoms with Crippen LogP contribution in [0, 0.1) is 21.7 Å². The molecule has 2 fully saturated rings. The Morgan fingerprint density at radius 1 is 1.55 bits per heavy atom. The number of nitrogens with zero attached hydrogens (tertiary/aromatic N) is 2. The van der Waals surface area contributed by atoms with Crippen LogP contribution < -0.4 is 0 Å². The molecule has 0 radical (unpaired) electrons. The van der Waals surface area contributed by atoms with Crippen molar-refractivity contribution in [2.45, 2.75) is 45.3 Å². The highest BCUT2D eigenvalue weighted by Crippen LogP contribution is 2.64. The van der Waals surface area contributed by atoms with Crippen LogP contribution in [0.15, 0.2) is 5.34 Å². The van der Waals surface area contributed by atoms with Crippen LogP contribution in [-0.2, 0) is 27.8 Å². The number of carbonyl (C=O) groups is 2. The Balaban J connectivity index is 2.14. The fourth-order valence-electron chi connectivity index (χ4n) is 3.80. The molecule has 22 heavy (non-hydrogen) atoms. The average molecular weight is 349 g/mol. The highest BCUT2D eigenvalue weighted by molar-refractivity contribution is 8.04. The lowest BCUT2D eigenvalue weighted by Crippen LogP contribution is -2.47. The van der Waals surface area contributed by atoms with Gasteiger partial charge in [0.05, 0.1) is 10.7 Å². The Morgan fingerprint density at radius 3 is 2.64 bits per heavy atom. The van der Waals surface area contributed by atoms with E-state index in [9.17, 15) is 18.7 Å². The molecule has 0 saturated heterocycles. The molecule has 2 bridgehead atoms. The maximum absolute atomic E-state index is 12.8. The Bertz CT molecular complexity index is 617. The van der Waals surface area contributed by atoms with E-state index in [1.807, 2.05) is 19.2 Å². The molecule has 8 nitrogen and oxygen atoms in total. The van der Waals surface area contributed by atoms with Gasteiger partial charge >= 0.3 is 0 Å². The molecule has 2 aliphatic rings. The van der Waals surface area contributed by atoms with Gasteiger partial charge in [0.25, 0.3) is 0 Å². The summed E-state index contributed by atoms with van der Waals surface area (Å²) in [4.78, 5) is 35.0. The molecule has 0 spiro atoms. The van der Waals surface area contributed by atoms with E-state index in [4.69, 9.17) is 4.78 Å². The highest BCUT2D eigenvalue weighted by atomic mass is 32.3. The number of fused-ring (bicyclic) bond motifs is 2. The van der Waals surface area contributed by atoms with Gasteiger partial charge in [-0.15, -0.1) is 4.91 Å². The standard InChI is InChI=1S/C12H17N2O6S2/c1-7(21-20-22(13,18)19-14-17)10(16)12-5-4-8(6-9(12)15)11(12,2)3/h7-8H,4-6H2,1-3H3/q-1. The first kappa shape index (κ1) is 17.4. The van der Waals surface area contributed by atoms with Crippen LogP contribution in [0.3, 0.4) is 0 Å². The number of hydrogen-bond donors (Lipinski definition) is 0. The van der Waals surface area contributed by atoms with Crippen molar-refractivity contribution in [3.63, 3.8) is 0 Å². The SMILES string of the molecule is CC(SOS(=[N-])(=O)ON=O)C(=O)C12CCC(CC1=O)C2(C)C. The van der Waals surface area contributed by atoms with Crippen molar-refractivity contribution in [1.29, 1.82) is 0 Å². The van der Waals surface area contributed by atoms with Gasteiger partial charge in [0, 0.05) is 18.5 Å². The molecule has 0 aromatic carbocycles. The third-order valence-electron chi connectivity index (χ3n) is 5.08. The molecule has 2 rings (SSSR count). The maximum atomic E-state index is 12.8. The Kier molecular flexibility index (Phi) is 4.39. The van der Waals surface area contributed by atoms with E-state index in [-0.39, 0.29) is 17.5 Å². The van der Waals surface area contributed by atoms with Gasteiger partial charge in [-0.05, 0) is 31.1 Å². The van der Waals surface area contributed by atoms with E-state index >= 15 is 0 Å². The zero-order chi connectivity index (χ0) is 16.8. The molecule has 2 saturated carbocycles. The number of carbonyl (C=O) groups excluding carboxylic acids is 2. The second-order valence-corrected chi connectivity index (χ2v) is 8.69. The Morgan fingerprint density at radius 2 is 2.18 bits per heavy atom. The zero-order valence-electron chi connectivity index (χ0n) is 12.4. The van der Waals surface area contributed by atoms with Crippen molar-refractivity contribution in [1.82, 2.24) is 0 Å². The van der Waals surface area contributed by atoms with Crippen molar-refractivity contribution in [3.05, 3.63) is 9.69 Å². The van der Waals surface area contributed by atoms with Crippen LogP contribution in [-0.4, -0.2) is 21.0 Å². The third kappa shape index (κ3) is 2.46. The summed E-state index contributed by atoms with van der Waals surface area (Å²) in [7, 11) is -4.35. The smallest absolute Gasteiger partial charge is 0.188 e. The molecule has 0 N–H and O–H groups in total. The first-order valence-electron chi connectivity index (χ1n) is 6.79. The number of Topliss-reactive ketones (excluding diaryl/α,β-unsaturated/α-hetero) is 2. The largest absolute Gasteiger partial charge is 0.690 e. The summed E-state index contributed by atoms with van der Waals surface area (Å²) in [5.41, 5.74) is -1.50. The van der Waals surface area contributed by atoms with Crippen LogP contribution in [0.5, 0.6) is 0 Å². The monoisotopic (exact) mass is 349 g/mol. The van der Waals surface area contributed by atoms with Crippen LogP contribution >= 0.6 is 12.0 Å². The van der Waals surface area contributed by atoms with Crippen LogP contribution in [0.2, 0.25) is 0 Å². The van der Waals surface area contributed by atoms with E-state index < -0.39 is 26.4 Å². The number of ketones is 2. The molecule has 2 aliphatic carbocycles. The second kappa shape index (κ2) is 5.57. The zero-order valence-corrected chi connectivity index (χ0v) is 14.1. The molecule has 4 atom stereocenters. The molecule has 4 unspecified atom stereocenters. The van der Waals surface area contributed by atoms with E-state index in [1.165, 1.54) is 6.92 Å². The van der Waals surface area contributed by atoms with E-state index in [2.05, 4.69) is 7.91 Å². The summed E-state index contributed by atoms with van der Waals surface area (Å²) in [6, 6.07) is 0. The van der Waals surface area contributed by atoms with E-state index in [1.54, 1.807) is 0 Å². The van der Waals surface area contributed by atoms with Crippen LogP contribution in [0.25, 0.3) is 4.78 Å². The first-order chi connectivity index (χ1) is 10.1. The number of hydrogen-bond acceptors (Lipinski definition) is 8. The van der Waals surface area contributed by atoms with E-state index in [0.717, 1.165) is 6.42 Å². The van der Waals surface area contributed by atoms with Crippen LogP contribution in [0.1, 0.15) is 40.0 Å². The fourth-order valence-corrected chi connectivity index (χ4v) is 5.14. The molecular weight excluding hydrogens is 332 g/mol. The summed E-state index contributed by atoms with van der Waals surface area (Å²) in [5.74, 6) is -0.199. The first-order valence-corrected chi connectivity index (χ1v) is 8.96. The molecule has 0 aromatic rings. The van der Waals surface area contributed by atoms with E-state index in [0.29, 0.717) is 24.9 Å². The minimum absolute atomic E-state index is 0.0678. The molecular formula is C12H17N2O6S2-. The van der Waals surface area contributed by atoms with Crippen molar-refractivity contribution in [3.8, 4) is 0 Å². The summed E-state index contributed by atoms with van der Waals surface area (Å²) in [6.45, 7) is 5.32. The van der Waals surface area contributed by atoms with Crippen molar-refractivity contribution in [2.75, 3.05) is 0 Å². The molecule has 0 aromatic heterocycles. The normalized spacial score (nSPS) is 33.2. The summed E-state index contributed by atoms with van der Waals surface area (Å²) >= 11 is 0.402. The summed E-state index contributed by atoms with van der Waals surface area (Å²) in [5, 5.41) is 0.968. The van der Waals surface area contributed by atoms with Crippen molar-refractivity contribution in [2.24, 2.45) is 22.1 Å². The maximum Gasteiger partial charge on any atom is 0.188 e. The average Bonchev–Trinajstić information content (AvgIpc) is 2.78. The third-order valence-corrected chi connectivity index (χ3v) is 6.83. The minimum atomic E-state index is -4.35. The van der Waals surface area contributed by atoms with Gasteiger partial charge in [-0.1, -0.05) is 13.8 Å². The van der Waals surface area contributed by atoms with Crippen LogP contribution in [0.4, 0.5) is 0 Å². The molecule has 0 heterocycles. The topological polar surface area (TPSA) is 121 Å². The highest BCUT2D eigenvalue weighted by Gasteiger charge is 2.68. The lowest BCUT2D eigenvalue weighted by Gasteiger charge is -2.36. The molecule has 0 aliphatic heterocycles. The lowest BCUT2D eigenvalue weighted by molar-refractivity contribution is -0.142. The molecule has 0 amide bonds. The Labute approximate surface area is 133 Å². The van der Waals surface area contributed by atoms with Gasteiger partial charge in [0.1, 0.15) is 5.78 Å². The van der Waals surface area contributed by atoms with Gasteiger partial charge in [-0.2, -0.15) is 0 Å². The van der Waals surface area contributed by atoms with Gasteiger partial charge in [0.2, 0.25) is 0 Å². The number of rotatable bonds is 7. The summed E-state index contributed by atoms with van der Waals surface area (Å²) in [6.07, 6.45) is 1.71. The van der Waals surface area contributed by atoms with Gasteiger partial charge in [-0.25, -0.2) is 7.84 Å². The summed E-state index contributed by atoms with van der Waals surface area (Å²) < 4.78 is 28.4. The lowest BCUT2D eigenvalue weighted by atomic mass is 9.65. The van der Waals surface area contributed by atoms with Gasteiger partial charge in [0.15, 0.2) is 21.4 Å². The van der Waals surface area contributed by atoms with Gasteiger partial charge in [-0.3, -0.25) is 13.9 Å².